The van der Waals surface area contributed by atoms with E-state index in [1.165, 1.54) is 28.8 Å². The fourth-order valence-electron chi connectivity index (χ4n) is 2.22. The molecule has 0 fully saturated rings. The third kappa shape index (κ3) is 5.62. The summed E-state index contributed by atoms with van der Waals surface area (Å²) < 4.78 is 19.7. The molecule has 0 saturated carbocycles. The van der Waals surface area contributed by atoms with Crippen LogP contribution in [0.5, 0.6) is 5.75 Å². The van der Waals surface area contributed by atoms with Crippen LogP contribution in [0, 0.1) is 5.82 Å². The van der Waals surface area contributed by atoms with Crippen LogP contribution in [0.15, 0.2) is 52.3 Å². The van der Waals surface area contributed by atoms with Crippen LogP contribution in [0.2, 0.25) is 0 Å². The molecule has 0 atom stereocenters. The third-order valence-corrected chi connectivity index (χ3v) is 4.77. The fourth-order valence-corrected chi connectivity index (χ4v) is 3.41. The number of carbonyl (C=O) groups is 1. The van der Waals surface area contributed by atoms with E-state index in [4.69, 9.17) is 4.74 Å². The topological polar surface area (TPSA) is 62.2 Å². The minimum absolute atomic E-state index is 0. The molecule has 0 bridgehead atoms. The molecule has 128 valence electrons. The van der Waals surface area contributed by atoms with Crippen molar-refractivity contribution in [1.29, 1.82) is 0 Å². The first-order valence-electron chi connectivity index (χ1n) is 7.32. The zero-order chi connectivity index (χ0) is 17.8. The Balaban J connectivity index is 0.00000243. The number of nitrogens with zero attached hydrogens (tertiary/aromatic N) is 1. The summed E-state index contributed by atoms with van der Waals surface area (Å²) in [4.78, 5) is 14.9. The van der Waals surface area contributed by atoms with Crippen LogP contribution in [0.3, 0.4) is 0 Å². The molecule has 4 nitrogen and oxygen atoms in total. The maximum atomic E-state index is 13.0. The van der Waals surface area contributed by atoms with E-state index in [1.807, 2.05) is 18.2 Å². The van der Waals surface area contributed by atoms with Crippen molar-refractivity contribution in [3.63, 3.8) is 0 Å². The first-order chi connectivity index (χ1) is 12.0. The summed E-state index contributed by atoms with van der Waals surface area (Å²) >= 11 is 4.68. The molecule has 0 saturated heterocycles. The Morgan fingerprint density at radius 2 is 1.96 bits per heavy atom. The van der Waals surface area contributed by atoms with Crippen LogP contribution in [0.1, 0.15) is 26.6 Å². The minimum atomic E-state index is -1.29. The van der Waals surface area contributed by atoms with Gasteiger partial charge in [0.15, 0.2) is 0 Å². The zero-order valence-electron chi connectivity index (χ0n) is 13.9. The fraction of sp³-hybridized carbons (Fsp3) is 0.111. The van der Waals surface area contributed by atoms with Crippen molar-refractivity contribution in [3.05, 3.63) is 80.0 Å². The van der Waals surface area contributed by atoms with Crippen LogP contribution in [-0.2, 0) is 13.0 Å². The molecule has 0 aliphatic heterocycles. The summed E-state index contributed by atoms with van der Waals surface area (Å²) in [7, 11) is 0. The zero-order valence-corrected chi connectivity index (χ0v) is 18.3. The van der Waals surface area contributed by atoms with Crippen LogP contribution >= 0.6 is 27.3 Å². The molecule has 0 amide bonds. The molecule has 3 aromatic rings. The summed E-state index contributed by atoms with van der Waals surface area (Å²) in [5.74, 6) is -0.914. The summed E-state index contributed by atoms with van der Waals surface area (Å²) in [6.07, 6.45) is 0.441. The van der Waals surface area contributed by atoms with E-state index >= 15 is 0 Å². The van der Waals surface area contributed by atoms with E-state index in [0.717, 1.165) is 15.6 Å². The van der Waals surface area contributed by atoms with Crippen molar-refractivity contribution < 1.29 is 48.6 Å². The summed E-state index contributed by atoms with van der Waals surface area (Å²) in [6, 6.07) is 11.7. The Morgan fingerprint density at radius 3 is 2.62 bits per heavy atom. The molecule has 0 N–H and O–H groups in total. The Morgan fingerprint density at radius 1 is 1.23 bits per heavy atom. The third-order valence-electron chi connectivity index (χ3n) is 3.43. The summed E-state index contributed by atoms with van der Waals surface area (Å²) in [5, 5.41) is 13.0. The van der Waals surface area contributed by atoms with Gasteiger partial charge in [-0.05, 0) is 35.9 Å². The van der Waals surface area contributed by atoms with Crippen molar-refractivity contribution in [3.8, 4) is 5.75 Å². The first-order valence-corrected chi connectivity index (χ1v) is 9.00. The second kappa shape index (κ2) is 9.62. The number of aromatic nitrogens is 1. The van der Waals surface area contributed by atoms with Crippen molar-refractivity contribution >= 4 is 33.2 Å². The van der Waals surface area contributed by atoms with E-state index in [-0.39, 0.29) is 41.1 Å². The second-order valence-electron chi connectivity index (χ2n) is 5.26. The standard InChI is InChI=1S/C18H13BrFNO3S.Na/c19-13-3-6-16(24-9-11-1-4-14(20)5-2-11)12(7-13)8-17-21-15(10-25-17)18(22)23;/h1-7,10H,8-9H2,(H,22,23);/q;+1/p-1. The van der Waals surface area contributed by atoms with E-state index < -0.39 is 5.97 Å². The van der Waals surface area contributed by atoms with Crippen LogP contribution in [0.25, 0.3) is 0 Å². The van der Waals surface area contributed by atoms with Gasteiger partial charge >= 0.3 is 29.6 Å². The Labute approximate surface area is 184 Å². The minimum Gasteiger partial charge on any atom is -0.543 e. The molecule has 0 aliphatic carbocycles. The normalized spacial score (nSPS) is 10.2. The smallest absolute Gasteiger partial charge is 0.543 e. The van der Waals surface area contributed by atoms with Gasteiger partial charge in [-0.25, -0.2) is 9.37 Å². The quantitative estimate of drug-likeness (QED) is 0.523. The molecule has 0 spiro atoms. The van der Waals surface area contributed by atoms with E-state index in [9.17, 15) is 14.3 Å². The average molecular weight is 444 g/mol. The number of hydrogen-bond acceptors (Lipinski definition) is 5. The van der Waals surface area contributed by atoms with Gasteiger partial charge in [0.25, 0.3) is 0 Å². The Kier molecular flexibility index (Phi) is 7.79. The number of thiazole rings is 1. The van der Waals surface area contributed by atoms with Gasteiger partial charge in [0.1, 0.15) is 18.2 Å². The van der Waals surface area contributed by atoms with Crippen LogP contribution in [-0.4, -0.2) is 11.0 Å². The molecule has 2 aromatic carbocycles. The predicted molar refractivity (Wildman–Crippen MR) is 94.1 cm³/mol. The number of carboxylic acids is 1. The Hall–Kier alpha value is -1.25. The second-order valence-corrected chi connectivity index (χ2v) is 7.12. The Bertz CT molecular complexity index is 902. The van der Waals surface area contributed by atoms with Crippen molar-refractivity contribution in [2.24, 2.45) is 0 Å². The average Bonchev–Trinajstić information content (AvgIpc) is 3.04. The molecule has 0 radical (unpaired) electrons. The molecule has 1 aromatic heterocycles. The van der Waals surface area contributed by atoms with Gasteiger partial charge in [0, 0.05) is 21.8 Å². The number of rotatable bonds is 6. The van der Waals surface area contributed by atoms with E-state index in [1.54, 1.807) is 12.1 Å². The van der Waals surface area contributed by atoms with Gasteiger partial charge in [-0.1, -0.05) is 28.1 Å². The van der Waals surface area contributed by atoms with Crippen molar-refractivity contribution in [2.75, 3.05) is 0 Å². The maximum Gasteiger partial charge on any atom is 1.00 e. The van der Waals surface area contributed by atoms with E-state index in [0.29, 0.717) is 23.8 Å². The van der Waals surface area contributed by atoms with Crippen LogP contribution in [0.4, 0.5) is 4.39 Å². The predicted octanol–water partition coefficient (Wildman–Crippen LogP) is 0.582. The molecule has 1 heterocycles. The number of halogens is 2. The maximum absolute atomic E-state index is 13.0. The van der Waals surface area contributed by atoms with E-state index in [2.05, 4.69) is 20.9 Å². The molecule has 0 aliphatic rings. The number of hydrogen-bond donors (Lipinski definition) is 0. The van der Waals surface area contributed by atoms with Gasteiger partial charge in [-0.15, -0.1) is 11.3 Å². The van der Waals surface area contributed by atoms with Crippen LogP contribution < -0.4 is 39.4 Å². The van der Waals surface area contributed by atoms with Gasteiger partial charge in [0.2, 0.25) is 0 Å². The first kappa shape index (κ1) is 21.1. The van der Waals surface area contributed by atoms with Crippen molar-refractivity contribution in [1.82, 2.24) is 4.98 Å². The number of carboxylic acid groups (broad SMARTS) is 1. The molecular weight excluding hydrogens is 432 g/mol. The number of ether oxygens (including phenoxy) is 1. The number of aromatic carboxylic acids is 1. The molecule has 3 rings (SSSR count). The van der Waals surface area contributed by atoms with Gasteiger partial charge in [-0.3, -0.25) is 0 Å². The molecule has 8 heteroatoms. The van der Waals surface area contributed by atoms with Crippen molar-refractivity contribution in [2.45, 2.75) is 13.0 Å². The van der Waals surface area contributed by atoms with Gasteiger partial charge < -0.3 is 14.6 Å². The molecular formula is C18H12BrFNNaO3S. The number of carbonyl (C=O) groups excluding carboxylic acids is 1. The van der Waals surface area contributed by atoms with Gasteiger partial charge in [0.05, 0.1) is 16.7 Å². The van der Waals surface area contributed by atoms with Gasteiger partial charge in [-0.2, -0.15) is 0 Å². The summed E-state index contributed by atoms with van der Waals surface area (Å²) in [6.45, 7) is 0.303. The summed E-state index contributed by atoms with van der Waals surface area (Å²) in [5.41, 5.74) is 1.66. The SMILES string of the molecule is O=C([O-])c1csc(Cc2cc(Br)ccc2OCc2ccc(F)cc2)n1.[Na+]. The monoisotopic (exact) mass is 443 g/mol. The molecule has 26 heavy (non-hydrogen) atoms. The molecule has 0 unspecified atom stereocenters. The number of benzene rings is 2. The largest absolute Gasteiger partial charge is 1.00 e.